The Morgan fingerprint density at radius 1 is 1.25 bits per heavy atom. The number of carbonyl (C=O) groups excluding carboxylic acids is 2. The summed E-state index contributed by atoms with van der Waals surface area (Å²) in [6.07, 6.45) is 2.06. The van der Waals surface area contributed by atoms with Gasteiger partial charge in [-0.05, 0) is 44.4 Å². The molecule has 1 saturated carbocycles. The summed E-state index contributed by atoms with van der Waals surface area (Å²) in [6.45, 7) is 3.56. The Kier molecular flexibility index (Phi) is 6.42. The van der Waals surface area contributed by atoms with Crippen LogP contribution in [0.4, 0.5) is 4.79 Å². The maximum Gasteiger partial charge on any atom is 0.407 e. The van der Waals surface area contributed by atoms with Crippen LogP contribution in [0.3, 0.4) is 0 Å². The molecule has 136 valence electrons. The van der Waals surface area contributed by atoms with Crippen LogP contribution in [-0.2, 0) is 9.59 Å². The zero-order valence-corrected chi connectivity index (χ0v) is 14.1. The number of carbonyl (C=O) groups is 3. The molecule has 2 rings (SSSR count). The second kappa shape index (κ2) is 8.32. The van der Waals surface area contributed by atoms with Gasteiger partial charge in [0.2, 0.25) is 6.41 Å². The van der Waals surface area contributed by atoms with Crippen LogP contribution in [0.25, 0.3) is 0 Å². The number of amides is 3. The van der Waals surface area contributed by atoms with E-state index in [2.05, 4.69) is 5.32 Å². The van der Waals surface area contributed by atoms with Gasteiger partial charge in [-0.3, -0.25) is 9.59 Å². The highest BCUT2D eigenvalue weighted by Gasteiger charge is 2.31. The first-order valence-corrected chi connectivity index (χ1v) is 8.57. The molecule has 8 heteroatoms. The maximum absolute atomic E-state index is 12.0. The van der Waals surface area contributed by atoms with Gasteiger partial charge in [0.1, 0.15) is 0 Å². The summed E-state index contributed by atoms with van der Waals surface area (Å²) < 4.78 is 0. The molecule has 2 atom stereocenters. The molecular formula is C16H27N3O5. The molecule has 2 unspecified atom stereocenters. The van der Waals surface area contributed by atoms with Crippen molar-refractivity contribution in [3.05, 3.63) is 0 Å². The van der Waals surface area contributed by atoms with Gasteiger partial charge in [0.15, 0.2) is 6.10 Å². The Labute approximate surface area is 141 Å². The number of nitrogens with zero attached hydrogens (tertiary/aromatic N) is 2. The second-order valence-corrected chi connectivity index (χ2v) is 6.89. The van der Waals surface area contributed by atoms with E-state index in [9.17, 15) is 19.5 Å². The second-order valence-electron chi connectivity index (χ2n) is 6.89. The number of hydrogen-bond acceptors (Lipinski definition) is 4. The topological polar surface area (TPSA) is 110 Å². The van der Waals surface area contributed by atoms with Gasteiger partial charge in [0, 0.05) is 26.2 Å². The minimum atomic E-state index is -1.26. The largest absolute Gasteiger partial charge is 0.465 e. The molecule has 3 N–H and O–H groups in total. The van der Waals surface area contributed by atoms with Crippen LogP contribution in [0, 0.1) is 11.8 Å². The normalized spacial score (nSPS) is 21.0. The number of nitrogens with one attached hydrogen (secondary N) is 1. The fraction of sp³-hybridized carbons (Fsp3) is 0.812. The molecule has 0 bridgehead atoms. The lowest BCUT2D eigenvalue weighted by molar-refractivity contribution is -0.135. The van der Waals surface area contributed by atoms with Crippen LogP contribution in [-0.4, -0.2) is 76.7 Å². The van der Waals surface area contributed by atoms with E-state index in [1.165, 1.54) is 9.80 Å². The number of carboxylic acid groups (broad SMARTS) is 1. The predicted molar refractivity (Wildman–Crippen MR) is 86.3 cm³/mol. The van der Waals surface area contributed by atoms with Crippen LogP contribution in [0.15, 0.2) is 0 Å². The number of piperidine rings is 1. The van der Waals surface area contributed by atoms with Gasteiger partial charge in [-0.2, -0.15) is 0 Å². The summed E-state index contributed by atoms with van der Waals surface area (Å²) in [5, 5.41) is 21.8. The molecule has 0 aromatic rings. The average Bonchev–Trinajstić information content (AvgIpc) is 3.41. The molecule has 1 aliphatic carbocycles. The molecule has 0 spiro atoms. The first-order chi connectivity index (χ1) is 11.4. The minimum absolute atomic E-state index is 0.176. The number of hydrogen-bond donors (Lipinski definition) is 3. The quantitative estimate of drug-likeness (QED) is 0.543. The number of rotatable bonds is 8. The van der Waals surface area contributed by atoms with Crippen LogP contribution in [0.1, 0.15) is 32.6 Å². The van der Waals surface area contributed by atoms with Gasteiger partial charge in [-0.25, -0.2) is 4.79 Å². The Balaban J connectivity index is 1.79. The van der Waals surface area contributed by atoms with Crippen molar-refractivity contribution in [1.29, 1.82) is 0 Å². The molecule has 0 aromatic heterocycles. The fourth-order valence-corrected chi connectivity index (χ4v) is 2.98. The lowest BCUT2D eigenvalue weighted by Crippen LogP contribution is -2.51. The maximum atomic E-state index is 12.0. The zero-order chi connectivity index (χ0) is 17.7. The Hall–Kier alpha value is -1.83. The summed E-state index contributed by atoms with van der Waals surface area (Å²) in [7, 11) is 0. The van der Waals surface area contributed by atoms with Crippen LogP contribution < -0.4 is 5.32 Å². The van der Waals surface area contributed by atoms with Crippen molar-refractivity contribution in [2.24, 2.45) is 11.8 Å². The van der Waals surface area contributed by atoms with Crippen molar-refractivity contribution in [2.45, 2.75) is 44.8 Å². The average molecular weight is 341 g/mol. The molecule has 1 heterocycles. The Morgan fingerprint density at radius 2 is 1.88 bits per heavy atom. The van der Waals surface area contributed by atoms with Crippen molar-refractivity contribution in [3.8, 4) is 0 Å². The van der Waals surface area contributed by atoms with Gasteiger partial charge in [0.05, 0.1) is 6.04 Å². The molecule has 24 heavy (non-hydrogen) atoms. The molecule has 0 aromatic carbocycles. The van der Waals surface area contributed by atoms with E-state index >= 15 is 0 Å². The van der Waals surface area contributed by atoms with Crippen molar-refractivity contribution >= 4 is 18.4 Å². The molecule has 2 fully saturated rings. The summed E-state index contributed by atoms with van der Waals surface area (Å²) in [4.78, 5) is 37.1. The molecule has 2 aliphatic rings. The van der Waals surface area contributed by atoms with E-state index in [0.29, 0.717) is 51.3 Å². The van der Waals surface area contributed by atoms with Crippen molar-refractivity contribution < 1.29 is 24.6 Å². The van der Waals surface area contributed by atoms with Crippen LogP contribution in [0.5, 0.6) is 0 Å². The van der Waals surface area contributed by atoms with Crippen LogP contribution in [0.2, 0.25) is 0 Å². The summed E-state index contributed by atoms with van der Waals surface area (Å²) in [5.74, 6) is 0.259. The van der Waals surface area contributed by atoms with Gasteiger partial charge in [-0.15, -0.1) is 0 Å². The highest BCUT2D eigenvalue weighted by molar-refractivity contribution is 5.81. The van der Waals surface area contributed by atoms with Crippen molar-refractivity contribution in [1.82, 2.24) is 15.1 Å². The first kappa shape index (κ1) is 18.5. The van der Waals surface area contributed by atoms with E-state index in [-0.39, 0.29) is 5.92 Å². The number of aliphatic hydroxyl groups is 1. The predicted octanol–water partition coefficient (Wildman–Crippen LogP) is 0.110. The highest BCUT2D eigenvalue weighted by Crippen LogP contribution is 2.27. The zero-order valence-electron chi connectivity index (χ0n) is 14.1. The van der Waals surface area contributed by atoms with Crippen molar-refractivity contribution in [2.75, 3.05) is 26.2 Å². The van der Waals surface area contributed by atoms with Gasteiger partial charge < -0.3 is 25.3 Å². The van der Waals surface area contributed by atoms with Gasteiger partial charge >= 0.3 is 6.09 Å². The summed E-state index contributed by atoms with van der Waals surface area (Å²) in [6, 6.07) is -0.612. The lowest BCUT2D eigenvalue weighted by Gasteiger charge is -2.35. The number of likely N-dealkylation sites (tertiary alicyclic amines) is 1. The standard InChI is InChI=1S/C16H27N3O5/c1-11(14(21)15(22)17-8-12-2-3-12)19(10-20)9-13-4-6-18(7-5-13)16(23)24/h10-14,21H,2-9H2,1H3,(H,17,22)(H,23,24). The van der Waals surface area contributed by atoms with Gasteiger partial charge in [0.25, 0.3) is 5.91 Å². The van der Waals surface area contributed by atoms with E-state index in [4.69, 9.17) is 5.11 Å². The third kappa shape index (κ3) is 5.09. The minimum Gasteiger partial charge on any atom is -0.465 e. The molecule has 8 nitrogen and oxygen atoms in total. The van der Waals surface area contributed by atoms with E-state index in [1.54, 1.807) is 6.92 Å². The molecular weight excluding hydrogens is 314 g/mol. The van der Waals surface area contributed by atoms with Gasteiger partial charge in [-0.1, -0.05) is 0 Å². The first-order valence-electron chi connectivity index (χ1n) is 8.57. The van der Waals surface area contributed by atoms with E-state index < -0.39 is 24.1 Å². The van der Waals surface area contributed by atoms with Crippen molar-refractivity contribution in [3.63, 3.8) is 0 Å². The Morgan fingerprint density at radius 3 is 2.38 bits per heavy atom. The fourth-order valence-electron chi connectivity index (χ4n) is 2.98. The lowest BCUT2D eigenvalue weighted by atomic mass is 9.95. The smallest absolute Gasteiger partial charge is 0.407 e. The SMILES string of the molecule is CC(C(O)C(=O)NCC1CC1)N(C=O)CC1CCN(C(=O)O)CC1. The molecule has 1 aliphatic heterocycles. The summed E-state index contributed by atoms with van der Waals surface area (Å²) >= 11 is 0. The molecule has 1 saturated heterocycles. The van der Waals surface area contributed by atoms with E-state index in [0.717, 1.165) is 12.8 Å². The Bertz CT molecular complexity index is 461. The molecule has 0 radical (unpaired) electrons. The monoisotopic (exact) mass is 341 g/mol. The number of aliphatic hydroxyl groups excluding tert-OH is 1. The third-order valence-corrected chi connectivity index (χ3v) is 5.00. The molecule has 3 amide bonds. The highest BCUT2D eigenvalue weighted by atomic mass is 16.4. The summed E-state index contributed by atoms with van der Waals surface area (Å²) in [5.41, 5.74) is 0. The van der Waals surface area contributed by atoms with E-state index in [1.807, 2.05) is 0 Å². The van der Waals surface area contributed by atoms with Crippen LogP contribution >= 0.6 is 0 Å². The third-order valence-electron chi connectivity index (χ3n) is 5.00.